The molecule has 1 aromatic heterocycles. The Labute approximate surface area is 216 Å². The van der Waals surface area contributed by atoms with E-state index in [0.29, 0.717) is 42.6 Å². The number of aromatic nitrogens is 3. The second kappa shape index (κ2) is 12.3. The van der Waals surface area contributed by atoms with Crippen LogP contribution in [0.4, 0.5) is 0 Å². The zero-order valence-electron chi connectivity index (χ0n) is 20.9. The fourth-order valence-electron chi connectivity index (χ4n) is 3.60. The minimum absolute atomic E-state index is 0.109. The number of nitrogens with zero attached hydrogens (tertiary/aromatic N) is 4. The molecule has 9 nitrogen and oxygen atoms in total. The lowest BCUT2D eigenvalue weighted by atomic mass is 10.1. The highest BCUT2D eigenvalue weighted by Crippen LogP contribution is 2.24. The van der Waals surface area contributed by atoms with E-state index in [2.05, 4.69) is 15.5 Å². The average Bonchev–Trinajstić information content (AvgIpc) is 3.26. The molecule has 3 aromatic rings. The first-order valence-corrected chi connectivity index (χ1v) is 14.1. The lowest BCUT2D eigenvalue weighted by Gasteiger charge is -2.18. The normalized spacial score (nSPS) is 11.6. The smallest absolute Gasteiger partial charge is 0.243 e. The number of ketones is 1. The highest BCUT2D eigenvalue weighted by molar-refractivity contribution is 7.99. The number of aryl methyl sites for hydroxylation is 1. The van der Waals surface area contributed by atoms with Crippen molar-refractivity contribution < 1.29 is 18.0 Å². The molecule has 192 valence electrons. The van der Waals surface area contributed by atoms with Gasteiger partial charge in [-0.25, -0.2) is 8.42 Å². The van der Waals surface area contributed by atoms with Gasteiger partial charge in [-0.1, -0.05) is 55.4 Å². The van der Waals surface area contributed by atoms with E-state index in [4.69, 9.17) is 0 Å². The lowest BCUT2D eigenvalue weighted by molar-refractivity contribution is -0.118. The molecule has 1 N–H and O–H groups in total. The Kier molecular flexibility index (Phi) is 9.41. The maximum atomic E-state index is 12.9. The van der Waals surface area contributed by atoms with Crippen LogP contribution >= 0.6 is 11.8 Å². The number of hydrogen-bond acceptors (Lipinski definition) is 7. The summed E-state index contributed by atoms with van der Waals surface area (Å²) < 4.78 is 28.6. The van der Waals surface area contributed by atoms with Crippen LogP contribution in [0.25, 0.3) is 5.69 Å². The number of Topliss-reactive ketones (excluding diaryl/α,β-unsaturated/α-hetero) is 1. The number of thioether (sulfide) groups is 1. The van der Waals surface area contributed by atoms with E-state index in [1.807, 2.05) is 35.8 Å². The van der Waals surface area contributed by atoms with E-state index < -0.39 is 10.0 Å². The molecule has 1 amide bonds. The van der Waals surface area contributed by atoms with Crippen molar-refractivity contribution in [2.75, 3.05) is 25.4 Å². The summed E-state index contributed by atoms with van der Waals surface area (Å²) in [6.45, 7) is 8.22. The van der Waals surface area contributed by atoms with Gasteiger partial charge < -0.3 is 5.32 Å². The van der Waals surface area contributed by atoms with Crippen molar-refractivity contribution in [3.63, 3.8) is 0 Å². The molecule has 0 saturated carbocycles. The predicted octanol–water partition coefficient (Wildman–Crippen LogP) is 3.26. The molecule has 0 saturated heterocycles. The van der Waals surface area contributed by atoms with Gasteiger partial charge in [0, 0.05) is 44.2 Å². The average molecular weight is 530 g/mol. The Balaban J connectivity index is 1.77. The van der Waals surface area contributed by atoms with Gasteiger partial charge in [0.05, 0.1) is 10.6 Å². The number of sulfonamides is 1. The van der Waals surface area contributed by atoms with E-state index in [1.54, 1.807) is 26.0 Å². The molecule has 0 aliphatic heterocycles. The number of amides is 1. The standard InChI is InChI=1S/C25H31N5O4S2/c1-5-29(6-2)36(33,34)22-13-9-20(10-14-22)23(32)17-35-25-28-27-24(15-16-26-19(4)31)30(25)21-11-7-18(3)8-12-21/h7-14H,5-6,15-17H2,1-4H3,(H,26,31). The molecular weight excluding hydrogens is 498 g/mol. The predicted molar refractivity (Wildman–Crippen MR) is 140 cm³/mol. The van der Waals surface area contributed by atoms with E-state index >= 15 is 0 Å². The molecule has 0 aliphatic rings. The molecule has 0 radical (unpaired) electrons. The molecule has 0 spiro atoms. The van der Waals surface area contributed by atoms with Crippen molar-refractivity contribution in [3.8, 4) is 5.69 Å². The van der Waals surface area contributed by atoms with Gasteiger partial charge in [-0.05, 0) is 31.2 Å². The minimum Gasteiger partial charge on any atom is -0.356 e. The first-order chi connectivity index (χ1) is 17.2. The molecule has 1 heterocycles. The quantitative estimate of drug-likeness (QED) is 0.283. The molecule has 0 atom stereocenters. The van der Waals surface area contributed by atoms with Gasteiger partial charge in [-0.15, -0.1) is 10.2 Å². The van der Waals surface area contributed by atoms with Gasteiger partial charge in [-0.2, -0.15) is 4.31 Å². The third-order valence-corrected chi connectivity index (χ3v) is 8.56. The van der Waals surface area contributed by atoms with Crippen LogP contribution in [0.1, 0.15) is 42.5 Å². The van der Waals surface area contributed by atoms with Gasteiger partial charge in [0.15, 0.2) is 10.9 Å². The van der Waals surface area contributed by atoms with Crippen molar-refractivity contribution in [1.82, 2.24) is 24.4 Å². The minimum atomic E-state index is -3.58. The summed E-state index contributed by atoms with van der Waals surface area (Å²) >= 11 is 1.26. The van der Waals surface area contributed by atoms with Gasteiger partial charge >= 0.3 is 0 Å². The van der Waals surface area contributed by atoms with Crippen molar-refractivity contribution >= 4 is 33.5 Å². The second-order valence-electron chi connectivity index (χ2n) is 8.13. The number of hydrogen-bond donors (Lipinski definition) is 1. The van der Waals surface area contributed by atoms with Gasteiger partial charge in [-0.3, -0.25) is 14.2 Å². The van der Waals surface area contributed by atoms with Crippen LogP contribution in [-0.2, 0) is 21.2 Å². The molecule has 2 aromatic carbocycles. The molecule has 3 rings (SSSR count). The molecule has 0 unspecified atom stereocenters. The van der Waals surface area contributed by atoms with Crippen LogP contribution in [-0.4, -0.2) is 64.6 Å². The van der Waals surface area contributed by atoms with Crippen LogP contribution < -0.4 is 5.32 Å². The number of carbonyl (C=O) groups is 2. The zero-order chi connectivity index (χ0) is 26.3. The van der Waals surface area contributed by atoms with Crippen LogP contribution in [0.5, 0.6) is 0 Å². The van der Waals surface area contributed by atoms with E-state index in [9.17, 15) is 18.0 Å². The van der Waals surface area contributed by atoms with E-state index in [-0.39, 0.29) is 22.3 Å². The SMILES string of the molecule is CCN(CC)S(=O)(=O)c1ccc(C(=O)CSc2nnc(CCNC(C)=O)n2-c2ccc(C)cc2)cc1. The summed E-state index contributed by atoms with van der Waals surface area (Å²) in [6, 6.07) is 13.9. The van der Waals surface area contributed by atoms with Crippen LogP contribution in [0.3, 0.4) is 0 Å². The Morgan fingerprint density at radius 3 is 2.22 bits per heavy atom. The third-order valence-electron chi connectivity index (χ3n) is 5.57. The highest BCUT2D eigenvalue weighted by Gasteiger charge is 2.22. The molecule has 0 bridgehead atoms. The lowest BCUT2D eigenvalue weighted by Crippen LogP contribution is -2.30. The largest absolute Gasteiger partial charge is 0.356 e. The van der Waals surface area contributed by atoms with E-state index in [0.717, 1.165) is 11.3 Å². The summed E-state index contributed by atoms with van der Waals surface area (Å²) in [4.78, 5) is 24.3. The Bertz CT molecular complexity index is 1300. The molecular formula is C25H31N5O4S2. The second-order valence-corrected chi connectivity index (χ2v) is 11.0. The van der Waals surface area contributed by atoms with Crippen LogP contribution in [0, 0.1) is 6.92 Å². The highest BCUT2D eigenvalue weighted by atomic mass is 32.2. The van der Waals surface area contributed by atoms with Gasteiger partial charge in [0.2, 0.25) is 15.9 Å². The Morgan fingerprint density at radius 1 is 1.00 bits per heavy atom. The third kappa shape index (κ3) is 6.59. The number of rotatable bonds is 12. The summed E-state index contributed by atoms with van der Waals surface area (Å²) in [7, 11) is -3.58. The Hall–Kier alpha value is -3.02. The summed E-state index contributed by atoms with van der Waals surface area (Å²) in [5.74, 6) is 0.517. The number of benzene rings is 2. The molecule has 11 heteroatoms. The van der Waals surface area contributed by atoms with Crippen molar-refractivity contribution in [3.05, 3.63) is 65.5 Å². The van der Waals surface area contributed by atoms with Crippen molar-refractivity contribution in [1.29, 1.82) is 0 Å². The zero-order valence-corrected chi connectivity index (χ0v) is 22.5. The van der Waals surface area contributed by atoms with Gasteiger partial charge in [0.25, 0.3) is 0 Å². The first kappa shape index (κ1) is 27.6. The molecule has 0 aliphatic carbocycles. The topological polar surface area (TPSA) is 114 Å². The summed E-state index contributed by atoms with van der Waals surface area (Å²) in [6.07, 6.45) is 0.484. The Morgan fingerprint density at radius 2 is 1.64 bits per heavy atom. The van der Waals surface area contributed by atoms with Gasteiger partial charge in [0.1, 0.15) is 5.82 Å². The van der Waals surface area contributed by atoms with Crippen LogP contribution in [0.2, 0.25) is 0 Å². The summed E-state index contributed by atoms with van der Waals surface area (Å²) in [5.41, 5.74) is 2.40. The fraction of sp³-hybridized carbons (Fsp3) is 0.360. The first-order valence-electron chi connectivity index (χ1n) is 11.7. The maximum absolute atomic E-state index is 12.9. The summed E-state index contributed by atoms with van der Waals surface area (Å²) in [5, 5.41) is 11.9. The number of nitrogens with one attached hydrogen (secondary N) is 1. The molecule has 36 heavy (non-hydrogen) atoms. The van der Waals surface area contributed by atoms with E-state index in [1.165, 1.54) is 35.1 Å². The van der Waals surface area contributed by atoms with Crippen molar-refractivity contribution in [2.24, 2.45) is 0 Å². The van der Waals surface area contributed by atoms with Crippen LogP contribution in [0.15, 0.2) is 58.6 Å². The fourth-order valence-corrected chi connectivity index (χ4v) is 5.92. The van der Waals surface area contributed by atoms with Crippen molar-refractivity contribution in [2.45, 2.75) is 44.2 Å². The maximum Gasteiger partial charge on any atom is 0.243 e. The number of carbonyl (C=O) groups excluding carboxylic acids is 2. The molecule has 0 fully saturated rings. The monoisotopic (exact) mass is 529 g/mol.